The molecule has 0 bridgehead atoms. The first-order valence-electron chi connectivity index (χ1n) is 3.10. The van der Waals surface area contributed by atoms with Crippen LogP contribution in [-0.2, 0) is 10.2 Å². The maximum Gasteiger partial charge on any atom is 0.333 e. The van der Waals surface area contributed by atoms with Gasteiger partial charge in [0, 0.05) is 4.47 Å². The molecule has 3 nitrogen and oxygen atoms in total. The van der Waals surface area contributed by atoms with Crippen LogP contribution in [0, 0.1) is 11.3 Å². The lowest BCUT2D eigenvalue weighted by molar-refractivity contribution is 0.551. The van der Waals surface area contributed by atoms with Gasteiger partial charge in [0.25, 0.3) is 0 Å². The summed E-state index contributed by atoms with van der Waals surface area (Å²) in [4.78, 5) is -0.607. The first-order valence-corrected chi connectivity index (χ1v) is 5.27. The van der Waals surface area contributed by atoms with E-state index >= 15 is 0 Å². The lowest BCUT2D eigenvalue weighted by Gasteiger charge is -1.99. The van der Waals surface area contributed by atoms with Crippen LogP contribution in [0.4, 0.5) is 3.89 Å². The van der Waals surface area contributed by atoms with Gasteiger partial charge in [0.2, 0.25) is 0 Å². The van der Waals surface area contributed by atoms with Crippen LogP contribution in [0.5, 0.6) is 0 Å². The largest absolute Gasteiger partial charge is 0.333 e. The molecule has 0 amide bonds. The average Bonchev–Trinajstić information content (AvgIpc) is 2.02. The highest BCUT2D eigenvalue weighted by Gasteiger charge is 2.18. The number of nitrogens with zero attached hydrogens (tertiary/aromatic N) is 1. The lowest BCUT2D eigenvalue weighted by atomic mass is 10.2. The van der Waals surface area contributed by atoms with Crippen LogP contribution in [-0.4, -0.2) is 8.42 Å². The van der Waals surface area contributed by atoms with Crippen molar-refractivity contribution in [2.75, 3.05) is 0 Å². The minimum absolute atomic E-state index is 0.218. The third-order valence-electron chi connectivity index (χ3n) is 1.35. The molecule has 0 aliphatic heterocycles. The molecule has 0 aromatic heterocycles. The fraction of sp³-hybridized carbons (Fsp3) is 0. The smallest absolute Gasteiger partial charge is 0.192 e. The molecular formula is C7H3BrFNO2S. The van der Waals surface area contributed by atoms with Crippen molar-refractivity contribution in [1.29, 1.82) is 5.26 Å². The summed E-state index contributed by atoms with van der Waals surface area (Å²) < 4.78 is 33.9. The van der Waals surface area contributed by atoms with Crippen LogP contribution in [0.15, 0.2) is 27.6 Å². The van der Waals surface area contributed by atoms with E-state index in [4.69, 9.17) is 5.26 Å². The van der Waals surface area contributed by atoms with Gasteiger partial charge in [-0.05, 0) is 28.1 Å². The second kappa shape index (κ2) is 3.44. The molecule has 0 aliphatic carbocycles. The van der Waals surface area contributed by atoms with E-state index in [-0.39, 0.29) is 10.0 Å². The minimum atomic E-state index is -4.82. The van der Waals surface area contributed by atoms with Gasteiger partial charge in [-0.25, -0.2) is 0 Å². The van der Waals surface area contributed by atoms with Gasteiger partial charge in [-0.1, -0.05) is 6.07 Å². The van der Waals surface area contributed by atoms with Gasteiger partial charge in [0.15, 0.2) is 0 Å². The molecule has 13 heavy (non-hydrogen) atoms. The molecule has 1 aromatic carbocycles. The van der Waals surface area contributed by atoms with Crippen molar-refractivity contribution < 1.29 is 12.3 Å². The number of rotatable bonds is 1. The Hall–Kier alpha value is -0.930. The monoisotopic (exact) mass is 263 g/mol. The third kappa shape index (κ3) is 2.05. The summed E-state index contributed by atoms with van der Waals surface area (Å²) in [6.45, 7) is 0. The summed E-state index contributed by atoms with van der Waals surface area (Å²) in [6, 6.07) is 5.45. The number of nitriles is 1. The second-order valence-electron chi connectivity index (χ2n) is 2.16. The third-order valence-corrected chi connectivity index (χ3v) is 2.88. The summed E-state index contributed by atoms with van der Waals surface area (Å²) in [5.41, 5.74) is -0.218. The number of hydrogen-bond acceptors (Lipinski definition) is 3. The van der Waals surface area contributed by atoms with Gasteiger partial charge in [0.05, 0.1) is 5.56 Å². The standard InChI is InChI=1S/C7H3BrFNO2S/c8-6-2-1-3-7(5(6)4-10)13(9,11)12/h1-3H. The normalized spacial score (nSPS) is 10.8. The molecule has 0 saturated carbocycles. The Labute approximate surface area is 83.1 Å². The molecule has 0 aliphatic rings. The topological polar surface area (TPSA) is 57.9 Å². The average molecular weight is 264 g/mol. The van der Waals surface area contributed by atoms with E-state index in [9.17, 15) is 12.3 Å². The Morgan fingerprint density at radius 3 is 2.46 bits per heavy atom. The summed E-state index contributed by atoms with van der Waals surface area (Å²) in [7, 11) is -4.82. The van der Waals surface area contributed by atoms with Crippen LogP contribution in [0.2, 0.25) is 0 Å². The quantitative estimate of drug-likeness (QED) is 0.728. The predicted octanol–water partition coefficient (Wildman–Crippen LogP) is 1.98. The maximum atomic E-state index is 12.5. The van der Waals surface area contributed by atoms with Crippen LogP contribution in [0.1, 0.15) is 5.56 Å². The zero-order chi connectivity index (χ0) is 10.1. The van der Waals surface area contributed by atoms with Crippen molar-refractivity contribution in [3.8, 4) is 6.07 Å². The molecule has 0 atom stereocenters. The first-order chi connectivity index (χ1) is 5.96. The van der Waals surface area contributed by atoms with E-state index < -0.39 is 15.1 Å². The molecule has 0 heterocycles. The Bertz CT molecular complexity index is 478. The van der Waals surface area contributed by atoms with Gasteiger partial charge in [-0.15, -0.1) is 3.89 Å². The van der Waals surface area contributed by atoms with Gasteiger partial charge in [0.1, 0.15) is 11.0 Å². The van der Waals surface area contributed by atoms with Crippen LogP contribution >= 0.6 is 15.9 Å². The maximum absolute atomic E-state index is 12.5. The molecule has 1 aromatic rings. The second-order valence-corrected chi connectivity index (χ2v) is 4.33. The van der Waals surface area contributed by atoms with E-state index in [1.165, 1.54) is 12.1 Å². The Kier molecular flexibility index (Phi) is 2.68. The Balaban J connectivity index is 3.59. The molecule has 0 N–H and O–H groups in total. The fourth-order valence-electron chi connectivity index (χ4n) is 0.816. The van der Waals surface area contributed by atoms with E-state index in [1.807, 2.05) is 0 Å². The number of benzene rings is 1. The number of hydrogen-bond donors (Lipinski definition) is 0. The summed E-state index contributed by atoms with van der Waals surface area (Å²) in [5, 5.41) is 8.55. The zero-order valence-electron chi connectivity index (χ0n) is 6.16. The summed E-state index contributed by atoms with van der Waals surface area (Å²) >= 11 is 2.95. The number of halogens is 2. The predicted molar refractivity (Wildman–Crippen MR) is 47.2 cm³/mol. The Morgan fingerprint density at radius 2 is 2.08 bits per heavy atom. The van der Waals surface area contributed by atoms with Crippen LogP contribution in [0.25, 0.3) is 0 Å². The summed E-state index contributed by atoms with van der Waals surface area (Å²) in [5.74, 6) is 0. The van der Waals surface area contributed by atoms with Crippen molar-refractivity contribution in [2.24, 2.45) is 0 Å². The van der Waals surface area contributed by atoms with Gasteiger partial charge in [-0.2, -0.15) is 13.7 Å². The van der Waals surface area contributed by atoms with Crippen LogP contribution < -0.4 is 0 Å². The van der Waals surface area contributed by atoms with Crippen molar-refractivity contribution in [1.82, 2.24) is 0 Å². The van der Waals surface area contributed by atoms with Crippen molar-refractivity contribution in [3.63, 3.8) is 0 Å². The lowest BCUT2D eigenvalue weighted by Crippen LogP contribution is -1.96. The zero-order valence-corrected chi connectivity index (χ0v) is 8.56. The highest BCUT2D eigenvalue weighted by molar-refractivity contribution is 9.10. The Morgan fingerprint density at radius 1 is 1.46 bits per heavy atom. The summed E-state index contributed by atoms with van der Waals surface area (Å²) in [6.07, 6.45) is 0. The molecule has 0 unspecified atom stereocenters. The highest BCUT2D eigenvalue weighted by atomic mass is 79.9. The fourth-order valence-corrected chi connectivity index (χ4v) is 2.04. The van der Waals surface area contributed by atoms with Crippen molar-refractivity contribution in [2.45, 2.75) is 4.90 Å². The van der Waals surface area contributed by atoms with E-state index in [1.54, 1.807) is 6.07 Å². The molecular weight excluding hydrogens is 261 g/mol. The molecule has 6 heteroatoms. The van der Waals surface area contributed by atoms with E-state index in [0.29, 0.717) is 0 Å². The van der Waals surface area contributed by atoms with Gasteiger partial charge < -0.3 is 0 Å². The van der Waals surface area contributed by atoms with Gasteiger partial charge >= 0.3 is 10.2 Å². The van der Waals surface area contributed by atoms with Crippen LogP contribution in [0.3, 0.4) is 0 Å². The highest BCUT2D eigenvalue weighted by Crippen LogP contribution is 2.24. The SMILES string of the molecule is N#Cc1c(Br)cccc1S(=O)(=O)F. The molecule has 0 fully saturated rings. The van der Waals surface area contributed by atoms with Crippen molar-refractivity contribution >= 4 is 26.2 Å². The molecule has 1 rings (SSSR count). The van der Waals surface area contributed by atoms with E-state index in [2.05, 4.69) is 15.9 Å². The van der Waals surface area contributed by atoms with E-state index in [0.717, 1.165) is 6.07 Å². The molecule has 0 spiro atoms. The minimum Gasteiger partial charge on any atom is -0.192 e. The van der Waals surface area contributed by atoms with Gasteiger partial charge in [-0.3, -0.25) is 0 Å². The first kappa shape index (κ1) is 10.2. The molecule has 68 valence electrons. The van der Waals surface area contributed by atoms with Crippen molar-refractivity contribution in [3.05, 3.63) is 28.2 Å². The molecule has 0 saturated heterocycles. The molecule has 0 radical (unpaired) electrons.